The maximum absolute atomic E-state index is 9.34. The van der Waals surface area contributed by atoms with E-state index in [0.29, 0.717) is 16.0 Å². The second kappa shape index (κ2) is 6.49. The number of nitrogens with zero attached hydrogens (tertiary/aromatic N) is 3. The molecule has 0 radical (unpaired) electrons. The van der Waals surface area contributed by atoms with Crippen LogP contribution in [0.25, 0.3) is 11.0 Å². The van der Waals surface area contributed by atoms with Crippen molar-refractivity contribution in [2.45, 2.75) is 24.6 Å². The molecule has 0 atom stereocenters. The van der Waals surface area contributed by atoms with Crippen molar-refractivity contribution in [3.8, 4) is 6.07 Å². The quantitative estimate of drug-likeness (QED) is 0.564. The van der Waals surface area contributed by atoms with Gasteiger partial charge in [-0.15, -0.1) is 0 Å². The molecular weight excluding hydrogens is 324 g/mol. The molecule has 0 unspecified atom stereocenters. The molecule has 3 aromatic rings. The van der Waals surface area contributed by atoms with E-state index in [1.807, 2.05) is 44.2 Å². The number of H-pyrrole nitrogens is 1. The van der Waals surface area contributed by atoms with E-state index in [9.17, 15) is 5.26 Å². The number of pyridine rings is 1. The Balaban J connectivity index is 1.94. The van der Waals surface area contributed by atoms with Gasteiger partial charge in [0, 0.05) is 11.4 Å². The molecule has 0 amide bonds. The predicted octanol–water partition coefficient (Wildman–Crippen LogP) is 4.47. The van der Waals surface area contributed by atoms with E-state index in [1.54, 1.807) is 0 Å². The minimum absolute atomic E-state index is 0.574. The number of aromatic amines is 1. The standard InChI is InChI=1S/C17H14N4S2/c1-10-7-11(2)19-17(12(10)8-18)23-9-15-16(22)21-14-6-4-3-5-13(14)20-15/h3-7H,9H2,1-2H3,(H,21,22). The third-order valence-corrected chi connectivity index (χ3v) is 4.76. The van der Waals surface area contributed by atoms with Crippen LogP contribution in [0.2, 0.25) is 0 Å². The van der Waals surface area contributed by atoms with Gasteiger partial charge in [-0.3, -0.25) is 0 Å². The number of aromatic nitrogens is 3. The van der Waals surface area contributed by atoms with Crippen LogP contribution in [0.15, 0.2) is 35.4 Å². The molecular formula is C17H14N4S2. The fraction of sp³-hybridized carbons (Fsp3) is 0.176. The van der Waals surface area contributed by atoms with Gasteiger partial charge in [-0.2, -0.15) is 5.26 Å². The van der Waals surface area contributed by atoms with Gasteiger partial charge in [0.15, 0.2) is 0 Å². The predicted molar refractivity (Wildman–Crippen MR) is 94.9 cm³/mol. The van der Waals surface area contributed by atoms with Gasteiger partial charge in [0.1, 0.15) is 15.7 Å². The molecule has 0 saturated heterocycles. The van der Waals surface area contributed by atoms with E-state index in [0.717, 1.165) is 33.0 Å². The van der Waals surface area contributed by atoms with Crippen molar-refractivity contribution in [2.24, 2.45) is 0 Å². The number of aryl methyl sites for hydroxylation is 2. The van der Waals surface area contributed by atoms with Gasteiger partial charge in [0.2, 0.25) is 0 Å². The molecule has 0 aliphatic heterocycles. The summed E-state index contributed by atoms with van der Waals surface area (Å²) in [5.74, 6) is 0.574. The Bertz CT molecular complexity index is 986. The van der Waals surface area contributed by atoms with Crippen LogP contribution >= 0.6 is 24.0 Å². The zero-order valence-electron chi connectivity index (χ0n) is 12.8. The number of para-hydroxylation sites is 2. The Morgan fingerprint density at radius 3 is 2.83 bits per heavy atom. The molecule has 0 saturated carbocycles. The Morgan fingerprint density at radius 1 is 1.26 bits per heavy atom. The highest BCUT2D eigenvalue weighted by Crippen LogP contribution is 2.26. The van der Waals surface area contributed by atoms with Gasteiger partial charge in [0.25, 0.3) is 0 Å². The van der Waals surface area contributed by atoms with Crippen molar-refractivity contribution in [1.82, 2.24) is 15.0 Å². The van der Waals surface area contributed by atoms with Gasteiger partial charge in [-0.1, -0.05) is 36.1 Å². The lowest BCUT2D eigenvalue weighted by atomic mass is 10.1. The Morgan fingerprint density at radius 2 is 2.04 bits per heavy atom. The molecule has 4 nitrogen and oxygen atoms in total. The van der Waals surface area contributed by atoms with Crippen LogP contribution < -0.4 is 0 Å². The van der Waals surface area contributed by atoms with E-state index in [-0.39, 0.29) is 0 Å². The van der Waals surface area contributed by atoms with Crippen LogP contribution in [0.4, 0.5) is 0 Å². The van der Waals surface area contributed by atoms with Gasteiger partial charge < -0.3 is 4.98 Å². The Labute approximate surface area is 143 Å². The van der Waals surface area contributed by atoms with Crippen molar-refractivity contribution in [3.63, 3.8) is 0 Å². The molecule has 0 aliphatic rings. The second-order valence-corrected chi connectivity index (χ2v) is 6.56. The molecule has 0 fully saturated rings. The highest BCUT2D eigenvalue weighted by molar-refractivity contribution is 7.98. The lowest BCUT2D eigenvalue weighted by molar-refractivity contribution is 1.02. The Hall–Kier alpha value is -2.23. The van der Waals surface area contributed by atoms with E-state index in [1.165, 1.54) is 11.8 Å². The van der Waals surface area contributed by atoms with Gasteiger partial charge >= 0.3 is 0 Å². The first-order valence-corrected chi connectivity index (χ1v) is 8.47. The van der Waals surface area contributed by atoms with Crippen LogP contribution in [0, 0.1) is 29.8 Å². The zero-order valence-corrected chi connectivity index (χ0v) is 14.4. The normalized spacial score (nSPS) is 10.7. The highest BCUT2D eigenvalue weighted by atomic mass is 32.2. The highest BCUT2D eigenvalue weighted by Gasteiger charge is 2.11. The number of nitriles is 1. The maximum atomic E-state index is 9.34. The number of fused-ring (bicyclic) bond motifs is 1. The molecule has 0 spiro atoms. The monoisotopic (exact) mass is 338 g/mol. The van der Waals surface area contributed by atoms with Crippen LogP contribution in [-0.2, 0) is 5.75 Å². The smallest absolute Gasteiger partial charge is 0.126 e. The first-order valence-electron chi connectivity index (χ1n) is 7.07. The van der Waals surface area contributed by atoms with Crippen molar-refractivity contribution < 1.29 is 0 Å². The first kappa shape index (κ1) is 15.7. The average Bonchev–Trinajstić information content (AvgIpc) is 2.52. The molecule has 0 bridgehead atoms. The second-order valence-electron chi connectivity index (χ2n) is 5.19. The summed E-state index contributed by atoms with van der Waals surface area (Å²) in [6, 6.07) is 11.9. The summed E-state index contributed by atoms with van der Waals surface area (Å²) in [5, 5.41) is 10.1. The lowest BCUT2D eigenvalue weighted by Crippen LogP contribution is -1.97. The Kier molecular flexibility index (Phi) is 4.42. The topological polar surface area (TPSA) is 65.4 Å². The summed E-state index contributed by atoms with van der Waals surface area (Å²) in [6.07, 6.45) is 0. The number of hydrogen-bond donors (Lipinski definition) is 1. The van der Waals surface area contributed by atoms with Crippen LogP contribution in [0.1, 0.15) is 22.5 Å². The van der Waals surface area contributed by atoms with Crippen LogP contribution in [0.3, 0.4) is 0 Å². The fourth-order valence-electron chi connectivity index (χ4n) is 2.34. The van der Waals surface area contributed by atoms with Crippen molar-refractivity contribution >= 4 is 35.0 Å². The number of benzene rings is 1. The molecule has 1 N–H and O–H groups in total. The summed E-state index contributed by atoms with van der Waals surface area (Å²) in [7, 11) is 0. The van der Waals surface area contributed by atoms with Crippen LogP contribution in [-0.4, -0.2) is 15.0 Å². The number of hydrogen-bond acceptors (Lipinski definition) is 5. The molecule has 23 heavy (non-hydrogen) atoms. The molecule has 1 aromatic carbocycles. The zero-order chi connectivity index (χ0) is 16.4. The summed E-state index contributed by atoms with van der Waals surface area (Å²) in [6.45, 7) is 3.86. The summed E-state index contributed by atoms with van der Waals surface area (Å²) in [5.41, 5.74) is 5.07. The lowest BCUT2D eigenvalue weighted by Gasteiger charge is -2.08. The van der Waals surface area contributed by atoms with E-state index < -0.39 is 0 Å². The molecule has 0 aliphatic carbocycles. The van der Waals surface area contributed by atoms with E-state index in [4.69, 9.17) is 12.2 Å². The SMILES string of the molecule is Cc1cc(C)c(C#N)c(SCc2nc3ccccc3[nH]c2=S)n1. The largest absolute Gasteiger partial charge is 0.343 e. The molecule has 114 valence electrons. The van der Waals surface area contributed by atoms with Crippen molar-refractivity contribution in [2.75, 3.05) is 0 Å². The maximum Gasteiger partial charge on any atom is 0.126 e. The van der Waals surface area contributed by atoms with Gasteiger partial charge in [0.05, 0.1) is 22.3 Å². The molecule has 6 heteroatoms. The van der Waals surface area contributed by atoms with E-state index >= 15 is 0 Å². The third-order valence-electron chi connectivity index (χ3n) is 3.44. The minimum atomic E-state index is 0.574. The van der Waals surface area contributed by atoms with Gasteiger partial charge in [-0.25, -0.2) is 9.97 Å². The fourth-order valence-corrected chi connectivity index (χ4v) is 3.71. The van der Waals surface area contributed by atoms with Crippen molar-refractivity contribution in [3.05, 3.63) is 57.5 Å². The van der Waals surface area contributed by atoms with Crippen LogP contribution in [0.5, 0.6) is 0 Å². The summed E-state index contributed by atoms with van der Waals surface area (Å²) < 4.78 is 0.624. The average molecular weight is 338 g/mol. The third kappa shape index (κ3) is 3.26. The number of thioether (sulfide) groups is 1. The number of nitrogens with one attached hydrogen (secondary N) is 1. The van der Waals surface area contributed by atoms with E-state index in [2.05, 4.69) is 21.0 Å². The van der Waals surface area contributed by atoms with Gasteiger partial charge in [-0.05, 0) is 37.6 Å². The molecule has 2 heterocycles. The minimum Gasteiger partial charge on any atom is -0.343 e. The molecule has 2 aromatic heterocycles. The summed E-state index contributed by atoms with van der Waals surface area (Å²) in [4.78, 5) is 12.3. The van der Waals surface area contributed by atoms with Crippen molar-refractivity contribution in [1.29, 1.82) is 5.26 Å². The summed E-state index contributed by atoms with van der Waals surface area (Å²) >= 11 is 6.88. The first-order chi connectivity index (χ1) is 11.1. The molecule has 3 rings (SSSR count). The number of rotatable bonds is 3.